The van der Waals surface area contributed by atoms with Crippen molar-refractivity contribution in [2.24, 2.45) is 0 Å². The minimum atomic E-state index is -3.15. The molecule has 0 amide bonds. The predicted molar refractivity (Wildman–Crippen MR) is 120 cm³/mol. The van der Waals surface area contributed by atoms with Crippen LogP contribution >= 0.6 is 0 Å². The van der Waals surface area contributed by atoms with Gasteiger partial charge in [0, 0.05) is 25.5 Å². The molecule has 0 N–H and O–H groups in total. The number of fused-ring (bicyclic) bond motifs is 1. The fourth-order valence-electron chi connectivity index (χ4n) is 3.61. The second kappa shape index (κ2) is 9.49. The van der Waals surface area contributed by atoms with E-state index < -0.39 is 10.0 Å². The fourth-order valence-corrected chi connectivity index (χ4v) is 4.41. The molecule has 3 aromatic rings. The Morgan fingerprint density at radius 3 is 2.39 bits per heavy atom. The maximum atomic E-state index is 11.7. The Morgan fingerprint density at radius 2 is 1.65 bits per heavy atom. The maximum absolute atomic E-state index is 11.7. The number of nitrogens with zero attached hydrogens (tertiary/aromatic N) is 2. The average molecular weight is 439 g/mol. The highest BCUT2D eigenvalue weighted by atomic mass is 32.2. The molecule has 0 bridgehead atoms. The monoisotopic (exact) mass is 438 g/mol. The largest absolute Gasteiger partial charge is 0.494 e. The van der Waals surface area contributed by atoms with Crippen LogP contribution in [0.2, 0.25) is 0 Å². The minimum Gasteiger partial charge on any atom is -0.494 e. The molecule has 7 heteroatoms. The van der Waals surface area contributed by atoms with Gasteiger partial charge in [-0.1, -0.05) is 18.2 Å². The Kier molecular flexibility index (Phi) is 6.53. The molecule has 6 nitrogen and oxygen atoms in total. The lowest BCUT2D eigenvalue weighted by atomic mass is 10.0. The Hall–Kier alpha value is -2.90. The first-order chi connectivity index (χ1) is 15.0. The number of sulfonamides is 1. The molecule has 2 aromatic carbocycles. The van der Waals surface area contributed by atoms with E-state index in [1.807, 2.05) is 42.5 Å². The molecular weight excluding hydrogens is 412 g/mol. The zero-order chi connectivity index (χ0) is 21.7. The van der Waals surface area contributed by atoms with E-state index in [1.54, 1.807) is 12.4 Å². The smallest absolute Gasteiger partial charge is 0.211 e. The Bertz CT molecular complexity index is 1120. The fraction of sp³-hybridized carbons (Fsp3) is 0.292. The van der Waals surface area contributed by atoms with Crippen molar-refractivity contribution < 1.29 is 17.9 Å². The topological polar surface area (TPSA) is 68.7 Å². The highest BCUT2D eigenvalue weighted by molar-refractivity contribution is 7.88. The predicted octanol–water partition coefficient (Wildman–Crippen LogP) is 4.20. The molecule has 0 radical (unpaired) electrons. The van der Waals surface area contributed by atoms with E-state index in [0.29, 0.717) is 26.1 Å². The maximum Gasteiger partial charge on any atom is 0.211 e. The summed E-state index contributed by atoms with van der Waals surface area (Å²) in [5, 5.41) is 0. The number of aromatic nitrogens is 1. The number of hydrogen-bond acceptors (Lipinski definition) is 5. The summed E-state index contributed by atoms with van der Waals surface area (Å²) in [4.78, 5) is 3.98. The van der Waals surface area contributed by atoms with Crippen molar-refractivity contribution in [3.05, 3.63) is 83.7 Å². The van der Waals surface area contributed by atoms with Crippen molar-refractivity contribution in [3.8, 4) is 17.2 Å². The van der Waals surface area contributed by atoms with E-state index in [0.717, 1.165) is 35.7 Å². The molecule has 0 aliphatic carbocycles. The molecule has 0 atom stereocenters. The first-order valence-electron chi connectivity index (χ1n) is 10.3. The summed E-state index contributed by atoms with van der Waals surface area (Å²) in [6.07, 6.45) is 7.21. The Morgan fingerprint density at radius 1 is 0.935 bits per heavy atom. The summed E-state index contributed by atoms with van der Waals surface area (Å²) in [6.45, 7) is 1.59. The molecule has 2 heterocycles. The molecule has 1 aliphatic rings. The lowest BCUT2D eigenvalue weighted by Crippen LogP contribution is -2.35. The number of ether oxygens (including phenoxy) is 2. The zero-order valence-corrected chi connectivity index (χ0v) is 18.3. The molecule has 0 unspecified atom stereocenters. The standard InChI is InChI=1S/C24H26N2O4S/c1-31(27,28)26-15-12-20-17-24(9-6-21(20)18-26)29-16-2-3-19-4-7-22(8-5-19)30-23-10-13-25-14-11-23/h4-11,13-14,17H,2-3,12,15-16,18H2,1H3. The van der Waals surface area contributed by atoms with E-state index in [4.69, 9.17) is 9.47 Å². The van der Waals surface area contributed by atoms with Crippen LogP contribution in [0, 0.1) is 0 Å². The molecule has 4 rings (SSSR count). The van der Waals surface area contributed by atoms with Gasteiger partial charge in [-0.15, -0.1) is 0 Å². The van der Waals surface area contributed by atoms with Crippen molar-refractivity contribution in [2.75, 3.05) is 19.4 Å². The van der Waals surface area contributed by atoms with E-state index in [-0.39, 0.29) is 0 Å². The summed E-state index contributed by atoms with van der Waals surface area (Å²) < 4.78 is 36.7. The highest BCUT2D eigenvalue weighted by Crippen LogP contribution is 2.25. The molecule has 162 valence electrons. The van der Waals surface area contributed by atoms with Crippen LogP contribution in [-0.2, 0) is 29.4 Å². The van der Waals surface area contributed by atoms with Crippen LogP contribution in [0.1, 0.15) is 23.1 Å². The number of rotatable bonds is 8. The molecule has 0 saturated heterocycles. The summed E-state index contributed by atoms with van der Waals surface area (Å²) in [7, 11) is -3.15. The normalized spacial score (nSPS) is 14.1. The van der Waals surface area contributed by atoms with E-state index in [1.165, 1.54) is 21.7 Å². The van der Waals surface area contributed by atoms with Crippen LogP contribution in [0.3, 0.4) is 0 Å². The van der Waals surface area contributed by atoms with Gasteiger partial charge in [-0.25, -0.2) is 8.42 Å². The van der Waals surface area contributed by atoms with Crippen LogP contribution in [0.4, 0.5) is 0 Å². The third-order valence-corrected chi connectivity index (χ3v) is 6.56. The number of aryl methyl sites for hydroxylation is 1. The van der Waals surface area contributed by atoms with Crippen LogP contribution in [0.15, 0.2) is 67.0 Å². The lowest BCUT2D eigenvalue weighted by Gasteiger charge is -2.27. The van der Waals surface area contributed by atoms with E-state index >= 15 is 0 Å². The van der Waals surface area contributed by atoms with Gasteiger partial charge in [0.1, 0.15) is 17.2 Å². The quantitative estimate of drug-likeness (QED) is 0.493. The summed E-state index contributed by atoms with van der Waals surface area (Å²) in [6, 6.07) is 17.7. The number of benzene rings is 2. The van der Waals surface area contributed by atoms with Gasteiger partial charge in [0.15, 0.2) is 0 Å². The summed E-state index contributed by atoms with van der Waals surface area (Å²) in [5.41, 5.74) is 3.46. The molecule has 0 saturated carbocycles. The Balaban J connectivity index is 1.24. The van der Waals surface area contributed by atoms with Gasteiger partial charge in [-0.05, 0) is 72.4 Å². The SMILES string of the molecule is CS(=O)(=O)N1CCc2cc(OCCCc3ccc(Oc4ccncc4)cc3)ccc2C1. The van der Waals surface area contributed by atoms with Gasteiger partial charge in [-0.2, -0.15) is 4.31 Å². The average Bonchev–Trinajstić information content (AvgIpc) is 2.77. The molecule has 0 fully saturated rings. The van der Waals surface area contributed by atoms with Gasteiger partial charge in [-0.3, -0.25) is 4.98 Å². The van der Waals surface area contributed by atoms with Gasteiger partial charge >= 0.3 is 0 Å². The minimum absolute atomic E-state index is 0.440. The van der Waals surface area contributed by atoms with Crippen molar-refractivity contribution in [2.45, 2.75) is 25.8 Å². The van der Waals surface area contributed by atoms with Crippen molar-refractivity contribution in [1.29, 1.82) is 0 Å². The van der Waals surface area contributed by atoms with Gasteiger partial charge in [0.05, 0.1) is 12.9 Å². The second-order valence-corrected chi connectivity index (χ2v) is 9.64. The molecule has 31 heavy (non-hydrogen) atoms. The first kappa shape index (κ1) is 21.3. The van der Waals surface area contributed by atoms with Crippen molar-refractivity contribution in [3.63, 3.8) is 0 Å². The number of pyridine rings is 1. The first-order valence-corrected chi connectivity index (χ1v) is 12.2. The van der Waals surface area contributed by atoms with Gasteiger partial charge < -0.3 is 9.47 Å². The molecule has 0 spiro atoms. The van der Waals surface area contributed by atoms with Crippen LogP contribution in [0.5, 0.6) is 17.2 Å². The van der Waals surface area contributed by atoms with Crippen molar-refractivity contribution in [1.82, 2.24) is 9.29 Å². The van der Waals surface area contributed by atoms with E-state index in [9.17, 15) is 8.42 Å². The third kappa shape index (κ3) is 5.83. The number of hydrogen-bond donors (Lipinski definition) is 0. The van der Waals surface area contributed by atoms with Crippen LogP contribution < -0.4 is 9.47 Å². The lowest BCUT2D eigenvalue weighted by molar-refractivity contribution is 0.309. The third-order valence-electron chi connectivity index (χ3n) is 5.31. The van der Waals surface area contributed by atoms with Gasteiger partial charge in [0.25, 0.3) is 0 Å². The molecular formula is C24H26N2O4S. The summed E-state index contributed by atoms with van der Waals surface area (Å²) >= 11 is 0. The van der Waals surface area contributed by atoms with Crippen molar-refractivity contribution >= 4 is 10.0 Å². The molecule has 1 aliphatic heterocycles. The molecule has 1 aromatic heterocycles. The van der Waals surface area contributed by atoms with Gasteiger partial charge in [0.2, 0.25) is 10.0 Å². The van der Waals surface area contributed by atoms with Crippen LogP contribution in [-0.4, -0.2) is 37.1 Å². The second-order valence-electron chi connectivity index (χ2n) is 7.66. The van der Waals surface area contributed by atoms with E-state index in [2.05, 4.69) is 17.1 Å². The zero-order valence-electron chi connectivity index (χ0n) is 17.5. The highest BCUT2D eigenvalue weighted by Gasteiger charge is 2.23. The van der Waals surface area contributed by atoms with Crippen LogP contribution in [0.25, 0.3) is 0 Å². The Labute approximate surface area is 183 Å². The summed E-state index contributed by atoms with van der Waals surface area (Å²) in [5.74, 6) is 2.41.